The summed E-state index contributed by atoms with van der Waals surface area (Å²) in [6, 6.07) is 7.33. The Hall–Kier alpha value is -1.30. The van der Waals surface area contributed by atoms with E-state index in [1.165, 1.54) is 0 Å². The van der Waals surface area contributed by atoms with Gasteiger partial charge in [-0.3, -0.25) is 10.4 Å². The van der Waals surface area contributed by atoms with Crippen LogP contribution in [0.1, 0.15) is 6.42 Å². The lowest BCUT2D eigenvalue weighted by molar-refractivity contribution is 0.197. The van der Waals surface area contributed by atoms with Crippen LogP contribution >= 0.6 is 11.6 Å². The second kappa shape index (κ2) is 7.89. The lowest BCUT2D eigenvalue weighted by atomic mass is 10.3. The fourth-order valence-electron chi connectivity index (χ4n) is 1.22. The first-order chi connectivity index (χ1) is 8.26. The molecule has 0 radical (unpaired) electrons. The summed E-state index contributed by atoms with van der Waals surface area (Å²) in [5.41, 5.74) is 3.34. The number of ether oxygens (including phenoxy) is 1. The predicted octanol–water partition coefficient (Wildman–Crippen LogP) is 1.61. The van der Waals surface area contributed by atoms with Gasteiger partial charge in [0.15, 0.2) is 0 Å². The van der Waals surface area contributed by atoms with Crippen molar-refractivity contribution < 1.29 is 4.74 Å². The van der Waals surface area contributed by atoms with Crippen LogP contribution in [0.4, 0.5) is 5.69 Å². The Labute approximate surface area is 106 Å². The highest BCUT2D eigenvalue weighted by Crippen LogP contribution is 2.14. The monoisotopic (exact) mass is 256 g/mol. The molecule has 0 bridgehead atoms. The SMILES string of the molecule is COCCCN=C(NN)Nc1cccc(Cl)c1. The van der Waals surface area contributed by atoms with E-state index < -0.39 is 0 Å². The molecule has 0 heterocycles. The van der Waals surface area contributed by atoms with Crippen LogP contribution in [0.2, 0.25) is 5.02 Å². The van der Waals surface area contributed by atoms with Crippen LogP contribution in [0, 0.1) is 0 Å². The molecule has 17 heavy (non-hydrogen) atoms. The molecule has 5 nitrogen and oxygen atoms in total. The Bertz CT molecular complexity index is 370. The van der Waals surface area contributed by atoms with Crippen molar-refractivity contribution in [2.45, 2.75) is 6.42 Å². The first-order valence-electron chi connectivity index (χ1n) is 5.29. The van der Waals surface area contributed by atoms with Crippen LogP contribution < -0.4 is 16.6 Å². The molecular weight excluding hydrogens is 240 g/mol. The molecule has 0 fully saturated rings. The first-order valence-corrected chi connectivity index (χ1v) is 5.66. The summed E-state index contributed by atoms with van der Waals surface area (Å²) in [4.78, 5) is 4.25. The molecule has 0 aliphatic rings. The molecule has 6 heteroatoms. The van der Waals surface area contributed by atoms with Crippen molar-refractivity contribution in [3.05, 3.63) is 29.3 Å². The van der Waals surface area contributed by atoms with Crippen molar-refractivity contribution in [1.82, 2.24) is 5.43 Å². The topological polar surface area (TPSA) is 71.7 Å². The number of anilines is 1. The Morgan fingerprint density at radius 3 is 3.00 bits per heavy atom. The zero-order chi connectivity index (χ0) is 12.5. The van der Waals surface area contributed by atoms with Gasteiger partial charge in [-0.2, -0.15) is 0 Å². The molecule has 4 N–H and O–H groups in total. The number of hydrazine groups is 1. The van der Waals surface area contributed by atoms with Gasteiger partial charge in [-0.15, -0.1) is 0 Å². The van der Waals surface area contributed by atoms with Gasteiger partial charge in [-0.25, -0.2) is 5.84 Å². The van der Waals surface area contributed by atoms with Gasteiger partial charge >= 0.3 is 0 Å². The van der Waals surface area contributed by atoms with Crippen molar-refractivity contribution in [2.75, 3.05) is 25.6 Å². The molecule has 0 saturated heterocycles. The second-order valence-electron chi connectivity index (χ2n) is 3.36. The van der Waals surface area contributed by atoms with Crippen molar-refractivity contribution in [3.8, 4) is 0 Å². The summed E-state index contributed by atoms with van der Waals surface area (Å²) < 4.78 is 4.93. The Morgan fingerprint density at radius 2 is 2.35 bits per heavy atom. The van der Waals surface area contributed by atoms with Gasteiger partial charge in [-0.1, -0.05) is 17.7 Å². The highest BCUT2D eigenvalue weighted by atomic mass is 35.5. The molecule has 0 spiro atoms. The maximum atomic E-state index is 5.87. The van der Waals surface area contributed by atoms with E-state index in [2.05, 4.69) is 15.7 Å². The number of methoxy groups -OCH3 is 1. The van der Waals surface area contributed by atoms with Crippen LogP contribution in [0.3, 0.4) is 0 Å². The Kier molecular flexibility index (Phi) is 6.39. The number of rotatable bonds is 5. The molecule has 1 aromatic rings. The van der Waals surface area contributed by atoms with Crippen LogP contribution in [-0.4, -0.2) is 26.2 Å². The first kappa shape index (κ1) is 13.8. The van der Waals surface area contributed by atoms with Crippen molar-refractivity contribution in [3.63, 3.8) is 0 Å². The van der Waals surface area contributed by atoms with Gasteiger partial charge in [0.05, 0.1) is 0 Å². The Balaban J connectivity index is 2.51. The summed E-state index contributed by atoms with van der Waals surface area (Å²) in [5.74, 6) is 5.87. The highest BCUT2D eigenvalue weighted by molar-refractivity contribution is 6.30. The van der Waals surface area contributed by atoms with E-state index in [0.717, 1.165) is 12.1 Å². The third kappa shape index (κ3) is 5.53. The number of aliphatic imine (C=N–C) groups is 1. The minimum atomic E-state index is 0.503. The predicted molar refractivity (Wildman–Crippen MR) is 71.2 cm³/mol. The van der Waals surface area contributed by atoms with Crippen LogP contribution in [0.5, 0.6) is 0 Å². The number of nitrogens with one attached hydrogen (secondary N) is 2. The molecule has 0 saturated carbocycles. The third-order valence-corrected chi connectivity index (χ3v) is 2.24. The number of halogens is 1. The fraction of sp³-hybridized carbons (Fsp3) is 0.364. The summed E-state index contributed by atoms with van der Waals surface area (Å²) in [5, 5.41) is 3.69. The van der Waals surface area contributed by atoms with Gasteiger partial charge in [0, 0.05) is 31.0 Å². The standard InChI is InChI=1S/C11H17ClN4O/c1-17-7-3-6-14-11(16-13)15-10-5-2-4-9(12)8-10/h2,4-5,8H,3,6-7,13H2,1H3,(H2,14,15,16). The fourth-order valence-corrected chi connectivity index (χ4v) is 1.41. The molecule has 0 unspecified atom stereocenters. The van der Waals surface area contributed by atoms with Crippen LogP contribution in [0.25, 0.3) is 0 Å². The van der Waals surface area contributed by atoms with Gasteiger partial charge < -0.3 is 10.1 Å². The van der Waals surface area contributed by atoms with Crippen molar-refractivity contribution in [1.29, 1.82) is 0 Å². The molecule has 0 amide bonds. The summed E-state index contributed by atoms with van der Waals surface area (Å²) in [6.45, 7) is 1.32. The number of hydrogen-bond acceptors (Lipinski definition) is 3. The van der Waals surface area contributed by atoms with E-state index in [0.29, 0.717) is 24.1 Å². The van der Waals surface area contributed by atoms with Crippen LogP contribution in [-0.2, 0) is 4.74 Å². The van der Waals surface area contributed by atoms with E-state index in [9.17, 15) is 0 Å². The number of nitrogens with zero attached hydrogens (tertiary/aromatic N) is 1. The lowest BCUT2D eigenvalue weighted by Crippen LogP contribution is -2.36. The molecule has 0 aliphatic heterocycles. The third-order valence-electron chi connectivity index (χ3n) is 2.00. The van der Waals surface area contributed by atoms with Crippen molar-refractivity contribution in [2.24, 2.45) is 10.8 Å². The molecule has 1 rings (SSSR count). The number of benzene rings is 1. The number of guanidine groups is 1. The maximum absolute atomic E-state index is 5.87. The van der Waals surface area contributed by atoms with Gasteiger partial charge in [0.25, 0.3) is 0 Å². The molecule has 94 valence electrons. The summed E-state index contributed by atoms with van der Waals surface area (Å²) in [7, 11) is 1.66. The molecular formula is C11H17ClN4O. The zero-order valence-corrected chi connectivity index (χ0v) is 10.5. The average molecular weight is 257 g/mol. The summed E-state index contributed by atoms with van der Waals surface area (Å²) >= 11 is 5.87. The van der Waals surface area contributed by atoms with Crippen molar-refractivity contribution >= 4 is 23.2 Å². The molecule has 0 aromatic heterocycles. The largest absolute Gasteiger partial charge is 0.385 e. The normalized spacial score (nSPS) is 11.4. The zero-order valence-electron chi connectivity index (χ0n) is 9.74. The van der Waals surface area contributed by atoms with E-state index in [4.69, 9.17) is 22.2 Å². The molecule has 0 atom stereocenters. The molecule has 1 aromatic carbocycles. The van der Waals surface area contributed by atoms with E-state index in [1.54, 1.807) is 19.2 Å². The smallest absolute Gasteiger partial charge is 0.210 e. The van der Waals surface area contributed by atoms with Gasteiger partial charge in [-0.05, 0) is 24.6 Å². The minimum Gasteiger partial charge on any atom is -0.385 e. The Morgan fingerprint density at radius 1 is 1.53 bits per heavy atom. The number of hydrogen-bond donors (Lipinski definition) is 3. The van der Waals surface area contributed by atoms with Gasteiger partial charge in [0.1, 0.15) is 0 Å². The van der Waals surface area contributed by atoms with Crippen LogP contribution in [0.15, 0.2) is 29.3 Å². The van der Waals surface area contributed by atoms with E-state index >= 15 is 0 Å². The minimum absolute atomic E-state index is 0.503. The van der Waals surface area contributed by atoms with E-state index in [1.807, 2.05) is 12.1 Å². The summed E-state index contributed by atoms with van der Waals surface area (Å²) in [6.07, 6.45) is 0.846. The maximum Gasteiger partial charge on any atom is 0.210 e. The lowest BCUT2D eigenvalue weighted by Gasteiger charge is -2.09. The second-order valence-corrected chi connectivity index (χ2v) is 3.79. The van der Waals surface area contributed by atoms with E-state index in [-0.39, 0.29) is 0 Å². The quantitative estimate of drug-likeness (QED) is 0.246. The highest BCUT2D eigenvalue weighted by Gasteiger charge is 1.98. The number of nitrogens with two attached hydrogens (primary N) is 1. The van der Waals surface area contributed by atoms with Gasteiger partial charge in [0.2, 0.25) is 5.96 Å². The average Bonchev–Trinajstić information content (AvgIpc) is 2.33. The molecule has 0 aliphatic carbocycles.